The molecule has 0 bridgehead atoms. The minimum absolute atomic E-state index is 0. The van der Waals surface area contributed by atoms with Gasteiger partial charge in [-0.15, -0.1) is 48.6 Å². The molecule has 0 atom stereocenters. The summed E-state index contributed by atoms with van der Waals surface area (Å²) in [4.78, 5) is 39.8. The number of thiophene rings is 1. The van der Waals surface area contributed by atoms with E-state index in [1.54, 1.807) is 29.3 Å². The van der Waals surface area contributed by atoms with Gasteiger partial charge in [-0.3, -0.25) is 24.0 Å². The van der Waals surface area contributed by atoms with Gasteiger partial charge in [0.15, 0.2) is 0 Å². The van der Waals surface area contributed by atoms with Crippen LogP contribution >= 0.6 is 48.6 Å². The third kappa shape index (κ3) is 8.49. The van der Waals surface area contributed by atoms with Crippen molar-refractivity contribution < 1.29 is 9.53 Å². The summed E-state index contributed by atoms with van der Waals surface area (Å²) in [5.41, 5.74) is 3.10. The SMILES string of the molecule is COc1ccccc1N1CCN(CCn2cnc3sc4c(c3c2=O)CCN(CCCNC(=O)c2ccccc2)C4)CC1.Cl.Cl.Cl. The minimum atomic E-state index is -0.0292. The third-order valence-electron chi connectivity index (χ3n) is 8.33. The van der Waals surface area contributed by atoms with Gasteiger partial charge in [0.25, 0.3) is 11.5 Å². The molecular formula is C32H41Cl3N6O3S. The van der Waals surface area contributed by atoms with Crippen LogP contribution in [-0.4, -0.2) is 84.7 Å². The molecule has 4 heterocycles. The zero-order valence-electron chi connectivity index (χ0n) is 25.4. The highest BCUT2D eigenvalue weighted by atomic mass is 35.5. The lowest BCUT2D eigenvalue weighted by molar-refractivity contribution is 0.0951. The van der Waals surface area contributed by atoms with Crippen molar-refractivity contribution in [1.29, 1.82) is 0 Å². The molecule has 2 aliphatic heterocycles. The van der Waals surface area contributed by atoms with Crippen molar-refractivity contribution in [2.75, 3.05) is 64.4 Å². The molecule has 45 heavy (non-hydrogen) atoms. The van der Waals surface area contributed by atoms with Crippen molar-refractivity contribution in [2.45, 2.75) is 25.9 Å². The average molecular weight is 696 g/mol. The Morgan fingerprint density at radius 1 is 0.911 bits per heavy atom. The van der Waals surface area contributed by atoms with E-state index in [-0.39, 0.29) is 48.7 Å². The summed E-state index contributed by atoms with van der Waals surface area (Å²) in [5.74, 6) is 0.880. The molecule has 0 radical (unpaired) electrons. The van der Waals surface area contributed by atoms with E-state index < -0.39 is 0 Å². The van der Waals surface area contributed by atoms with Crippen LogP contribution in [0, 0.1) is 0 Å². The van der Waals surface area contributed by atoms with Crippen LogP contribution in [0.25, 0.3) is 10.2 Å². The topological polar surface area (TPSA) is 82.9 Å². The molecule has 6 rings (SSSR count). The number of rotatable bonds is 10. The molecule has 1 amide bonds. The van der Waals surface area contributed by atoms with Crippen molar-refractivity contribution in [2.24, 2.45) is 0 Å². The second kappa shape index (κ2) is 17.2. The normalized spacial score (nSPS) is 14.9. The first kappa shape index (κ1) is 36.6. The van der Waals surface area contributed by atoms with Gasteiger partial charge in [-0.1, -0.05) is 30.3 Å². The van der Waals surface area contributed by atoms with Crippen molar-refractivity contribution in [1.82, 2.24) is 24.7 Å². The van der Waals surface area contributed by atoms with Crippen LogP contribution < -0.4 is 20.5 Å². The van der Waals surface area contributed by atoms with Gasteiger partial charge in [0.1, 0.15) is 10.6 Å². The minimum Gasteiger partial charge on any atom is -0.495 e. The van der Waals surface area contributed by atoms with Crippen LogP contribution in [0.15, 0.2) is 65.7 Å². The van der Waals surface area contributed by atoms with E-state index >= 15 is 0 Å². The first-order valence-electron chi connectivity index (χ1n) is 14.8. The summed E-state index contributed by atoms with van der Waals surface area (Å²) >= 11 is 1.65. The van der Waals surface area contributed by atoms with Gasteiger partial charge >= 0.3 is 0 Å². The number of nitrogens with one attached hydrogen (secondary N) is 1. The number of piperazine rings is 1. The predicted octanol–water partition coefficient (Wildman–Crippen LogP) is 4.73. The highest BCUT2D eigenvalue weighted by Gasteiger charge is 2.24. The van der Waals surface area contributed by atoms with Gasteiger partial charge in [-0.05, 0) is 42.7 Å². The summed E-state index contributed by atoms with van der Waals surface area (Å²) in [6.45, 7) is 8.52. The van der Waals surface area contributed by atoms with E-state index in [4.69, 9.17) is 9.72 Å². The number of nitrogens with zero attached hydrogens (tertiary/aromatic N) is 5. The molecule has 1 saturated heterocycles. The maximum atomic E-state index is 13.6. The summed E-state index contributed by atoms with van der Waals surface area (Å²) in [6.07, 6.45) is 3.47. The molecule has 0 unspecified atom stereocenters. The number of ether oxygens (including phenoxy) is 1. The smallest absolute Gasteiger partial charge is 0.262 e. The van der Waals surface area contributed by atoms with Crippen molar-refractivity contribution in [3.8, 4) is 5.75 Å². The number of aromatic nitrogens is 2. The summed E-state index contributed by atoms with van der Waals surface area (Å²) in [7, 11) is 1.72. The van der Waals surface area contributed by atoms with Crippen LogP contribution in [-0.2, 0) is 19.5 Å². The van der Waals surface area contributed by atoms with E-state index in [1.165, 1.54) is 10.4 Å². The van der Waals surface area contributed by atoms with E-state index in [9.17, 15) is 9.59 Å². The molecule has 1 N–H and O–H groups in total. The number of amides is 1. The summed E-state index contributed by atoms with van der Waals surface area (Å²) in [6, 6.07) is 17.5. The fourth-order valence-electron chi connectivity index (χ4n) is 5.97. The largest absolute Gasteiger partial charge is 0.495 e. The molecule has 0 saturated carbocycles. The van der Waals surface area contributed by atoms with Crippen molar-refractivity contribution in [3.63, 3.8) is 0 Å². The van der Waals surface area contributed by atoms with Gasteiger partial charge < -0.3 is 15.0 Å². The molecule has 13 heteroatoms. The zero-order chi connectivity index (χ0) is 28.9. The number of benzene rings is 2. The predicted molar refractivity (Wildman–Crippen MR) is 190 cm³/mol. The van der Waals surface area contributed by atoms with Crippen LogP contribution in [0.5, 0.6) is 5.75 Å². The molecule has 0 spiro atoms. The summed E-state index contributed by atoms with van der Waals surface area (Å²) < 4.78 is 7.34. The highest BCUT2D eigenvalue weighted by molar-refractivity contribution is 7.18. The van der Waals surface area contributed by atoms with E-state index in [0.717, 1.165) is 86.9 Å². The highest BCUT2D eigenvalue weighted by Crippen LogP contribution is 2.32. The molecule has 4 aromatic rings. The Morgan fingerprint density at radius 3 is 2.40 bits per heavy atom. The first-order chi connectivity index (χ1) is 20.6. The Morgan fingerprint density at radius 2 is 1.64 bits per heavy atom. The Labute approximate surface area is 286 Å². The fraction of sp³-hybridized carbons (Fsp3) is 0.406. The lowest BCUT2D eigenvalue weighted by Gasteiger charge is -2.36. The van der Waals surface area contributed by atoms with Gasteiger partial charge in [-0.25, -0.2) is 4.98 Å². The number of carbonyl (C=O) groups excluding carboxylic acids is 1. The molecule has 2 aromatic carbocycles. The number of para-hydroxylation sites is 2. The van der Waals surface area contributed by atoms with Crippen LogP contribution in [0.4, 0.5) is 5.69 Å². The number of fused-ring (bicyclic) bond motifs is 3. The van der Waals surface area contributed by atoms with Crippen LogP contribution in [0.3, 0.4) is 0 Å². The maximum absolute atomic E-state index is 13.6. The number of anilines is 1. The van der Waals surface area contributed by atoms with E-state index in [0.29, 0.717) is 18.7 Å². The zero-order valence-corrected chi connectivity index (χ0v) is 28.6. The number of hydrogen-bond acceptors (Lipinski definition) is 8. The molecule has 9 nitrogen and oxygen atoms in total. The number of methoxy groups -OCH3 is 1. The maximum Gasteiger partial charge on any atom is 0.262 e. The van der Waals surface area contributed by atoms with Crippen LogP contribution in [0.1, 0.15) is 27.2 Å². The molecule has 0 aliphatic carbocycles. The fourth-order valence-corrected chi connectivity index (χ4v) is 7.19. The Kier molecular flexibility index (Phi) is 14.0. The second-order valence-corrected chi connectivity index (χ2v) is 12.0. The molecule has 1 fully saturated rings. The van der Waals surface area contributed by atoms with Crippen LogP contribution in [0.2, 0.25) is 0 Å². The average Bonchev–Trinajstić information content (AvgIpc) is 3.42. The first-order valence-corrected chi connectivity index (χ1v) is 15.6. The third-order valence-corrected chi connectivity index (χ3v) is 9.46. The molecule has 2 aliphatic rings. The molecule has 2 aromatic heterocycles. The van der Waals surface area contributed by atoms with Crippen molar-refractivity contribution >= 4 is 70.4 Å². The number of carbonyl (C=O) groups is 1. The quantitative estimate of drug-likeness (QED) is 0.240. The van der Waals surface area contributed by atoms with Gasteiger partial charge in [0, 0.05) is 75.9 Å². The summed E-state index contributed by atoms with van der Waals surface area (Å²) in [5, 5.41) is 3.83. The Bertz CT molecular complexity index is 1590. The number of hydrogen-bond donors (Lipinski definition) is 1. The van der Waals surface area contributed by atoms with Gasteiger partial charge in [0.2, 0.25) is 0 Å². The van der Waals surface area contributed by atoms with E-state index in [1.807, 2.05) is 42.5 Å². The number of halogens is 3. The Hall–Kier alpha value is -2.86. The lowest BCUT2D eigenvalue weighted by Crippen LogP contribution is -2.47. The van der Waals surface area contributed by atoms with Gasteiger partial charge in [-0.2, -0.15) is 0 Å². The van der Waals surface area contributed by atoms with Gasteiger partial charge in [0.05, 0.1) is 24.5 Å². The molecule has 244 valence electrons. The molecular weight excluding hydrogens is 655 g/mol. The Balaban J connectivity index is 0.00000184. The monoisotopic (exact) mass is 694 g/mol. The standard InChI is InChI=1S/C32H38N6O3S.3ClH/c1-41-27-11-6-5-10-26(27)37-19-16-35(17-20-37)18-21-38-23-34-31-29(32(38)40)25-12-15-36(22-28(25)42-31)14-7-13-33-30(39)24-8-3-2-4-9-24;;;/h2-6,8-11,23H,7,12-22H2,1H3,(H,33,39);3*1H. The van der Waals surface area contributed by atoms with Crippen molar-refractivity contribution in [3.05, 3.63) is 87.3 Å². The van der Waals surface area contributed by atoms with E-state index in [2.05, 4.69) is 32.1 Å². The lowest BCUT2D eigenvalue weighted by atomic mass is 10.1. The second-order valence-electron chi connectivity index (χ2n) is 10.9.